The molecular formula is C14H18FNO3. The van der Waals surface area contributed by atoms with E-state index in [0.29, 0.717) is 6.42 Å². The molecule has 0 radical (unpaired) electrons. The van der Waals surface area contributed by atoms with Crippen molar-refractivity contribution in [1.29, 1.82) is 0 Å². The molecule has 1 rings (SSSR count). The van der Waals surface area contributed by atoms with Gasteiger partial charge in [-0.1, -0.05) is 12.1 Å². The molecule has 1 aromatic carbocycles. The van der Waals surface area contributed by atoms with E-state index in [1.165, 1.54) is 12.1 Å². The van der Waals surface area contributed by atoms with Crippen molar-refractivity contribution in [3.8, 4) is 0 Å². The normalized spacial score (nSPS) is 11.1. The Kier molecular flexibility index (Phi) is 5.03. The van der Waals surface area contributed by atoms with Crippen molar-refractivity contribution in [1.82, 2.24) is 5.32 Å². The molecule has 5 heteroatoms. The van der Waals surface area contributed by atoms with Gasteiger partial charge in [-0.25, -0.2) is 4.39 Å². The Bertz CT molecular complexity index is 454. The van der Waals surface area contributed by atoms with Gasteiger partial charge < -0.3 is 10.4 Å². The number of rotatable bonds is 6. The molecule has 0 bridgehead atoms. The molecule has 104 valence electrons. The van der Waals surface area contributed by atoms with Crippen molar-refractivity contribution in [3.05, 3.63) is 35.6 Å². The van der Waals surface area contributed by atoms with Gasteiger partial charge >= 0.3 is 5.97 Å². The van der Waals surface area contributed by atoms with Gasteiger partial charge in [0.1, 0.15) is 5.82 Å². The third-order valence-corrected chi connectivity index (χ3v) is 2.81. The van der Waals surface area contributed by atoms with Gasteiger partial charge in [-0.15, -0.1) is 0 Å². The van der Waals surface area contributed by atoms with E-state index in [1.54, 1.807) is 12.1 Å². The van der Waals surface area contributed by atoms with Crippen LogP contribution in [0.25, 0.3) is 0 Å². The number of benzene rings is 1. The van der Waals surface area contributed by atoms with Crippen LogP contribution in [0.15, 0.2) is 24.3 Å². The summed E-state index contributed by atoms with van der Waals surface area (Å²) in [6, 6.07) is 5.92. The van der Waals surface area contributed by atoms with Crippen LogP contribution in [0.2, 0.25) is 0 Å². The second-order valence-electron chi connectivity index (χ2n) is 4.93. The number of aliphatic carboxylic acids is 1. The van der Waals surface area contributed by atoms with Gasteiger partial charge in [0.2, 0.25) is 5.91 Å². The summed E-state index contributed by atoms with van der Waals surface area (Å²) in [5, 5.41) is 11.3. The Morgan fingerprint density at radius 1 is 1.21 bits per heavy atom. The van der Waals surface area contributed by atoms with Crippen molar-refractivity contribution in [2.24, 2.45) is 0 Å². The van der Waals surface area contributed by atoms with Crippen LogP contribution in [0.4, 0.5) is 4.39 Å². The van der Waals surface area contributed by atoms with Crippen molar-refractivity contribution >= 4 is 11.9 Å². The van der Waals surface area contributed by atoms with Crippen LogP contribution in [0.5, 0.6) is 0 Å². The first kappa shape index (κ1) is 15.1. The monoisotopic (exact) mass is 267 g/mol. The van der Waals surface area contributed by atoms with E-state index >= 15 is 0 Å². The highest BCUT2D eigenvalue weighted by Crippen LogP contribution is 2.20. The molecule has 0 atom stereocenters. The van der Waals surface area contributed by atoms with Gasteiger partial charge in [-0.2, -0.15) is 0 Å². The van der Waals surface area contributed by atoms with E-state index in [9.17, 15) is 14.0 Å². The number of carbonyl (C=O) groups excluding carboxylic acids is 1. The molecule has 2 N–H and O–H groups in total. The molecule has 0 saturated heterocycles. The molecule has 1 aromatic rings. The lowest BCUT2D eigenvalue weighted by atomic mass is 9.94. The maximum Gasteiger partial charge on any atom is 0.303 e. The number of nitrogens with one attached hydrogen (secondary N) is 1. The quantitative estimate of drug-likeness (QED) is 0.832. The molecule has 0 aliphatic heterocycles. The molecule has 0 aromatic heterocycles. The SMILES string of the molecule is CC(C)(NC(=O)CCCC(=O)O)c1ccc(F)cc1. The molecule has 0 fully saturated rings. The largest absolute Gasteiger partial charge is 0.481 e. The Morgan fingerprint density at radius 3 is 2.32 bits per heavy atom. The lowest BCUT2D eigenvalue weighted by molar-refractivity contribution is -0.137. The summed E-state index contributed by atoms with van der Waals surface area (Å²) in [6.07, 6.45) is 0.446. The minimum atomic E-state index is -0.911. The van der Waals surface area contributed by atoms with Crippen LogP contribution in [0, 0.1) is 5.82 Å². The van der Waals surface area contributed by atoms with Gasteiger partial charge in [0.15, 0.2) is 0 Å². The smallest absolute Gasteiger partial charge is 0.303 e. The summed E-state index contributed by atoms with van der Waals surface area (Å²) in [5.41, 5.74) is 0.175. The number of amides is 1. The van der Waals surface area contributed by atoms with Gasteiger partial charge in [0.05, 0.1) is 5.54 Å². The predicted octanol–water partition coefficient (Wildman–Crippen LogP) is 2.43. The van der Waals surface area contributed by atoms with E-state index in [-0.39, 0.29) is 24.6 Å². The fourth-order valence-electron chi connectivity index (χ4n) is 1.75. The molecule has 0 heterocycles. The van der Waals surface area contributed by atoms with E-state index in [2.05, 4.69) is 5.32 Å². The molecule has 0 aliphatic carbocycles. The summed E-state index contributed by atoms with van der Waals surface area (Å²) >= 11 is 0. The number of hydrogen-bond acceptors (Lipinski definition) is 2. The van der Waals surface area contributed by atoms with Gasteiger partial charge in [-0.05, 0) is 38.0 Å². The van der Waals surface area contributed by atoms with Crippen molar-refractivity contribution < 1.29 is 19.1 Å². The zero-order valence-electron chi connectivity index (χ0n) is 11.1. The number of carboxylic acids is 1. The summed E-state index contributed by atoms with van der Waals surface area (Å²) in [6.45, 7) is 3.63. The second kappa shape index (κ2) is 6.31. The molecule has 4 nitrogen and oxygen atoms in total. The minimum Gasteiger partial charge on any atom is -0.481 e. The van der Waals surface area contributed by atoms with Crippen molar-refractivity contribution in [2.45, 2.75) is 38.6 Å². The summed E-state index contributed by atoms with van der Waals surface area (Å²) < 4.78 is 12.8. The Labute approximate surface area is 111 Å². The van der Waals surface area contributed by atoms with Gasteiger partial charge in [0, 0.05) is 12.8 Å². The third-order valence-electron chi connectivity index (χ3n) is 2.81. The van der Waals surface area contributed by atoms with Crippen molar-refractivity contribution in [2.75, 3.05) is 0 Å². The maximum absolute atomic E-state index is 12.8. The standard InChI is InChI=1S/C14H18FNO3/c1-14(2,10-6-8-11(15)9-7-10)16-12(17)4-3-5-13(18)19/h6-9H,3-5H2,1-2H3,(H,16,17)(H,18,19). The van der Waals surface area contributed by atoms with E-state index in [1.807, 2.05) is 13.8 Å². The molecule has 0 unspecified atom stereocenters. The van der Waals surface area contributed by atoms with Crippen LogP contribution in [0.1, 0.15) is 38.7 Å². The van der Waals surface area contributed by atoms with E-state index in [4.69, 9.17) is 5.11 Å². The number of halogens is 1. The number of carbonyl (C=O) groups is 2. The topological polar surface area (TPSA) is 66.4 Å². The molecular weight excluding hydrogens is 249 g/mol. The average Bonchev–Trinajstić information content (AvgIpc) is 2.28. The molecule has 0 aliphatic rings. The van der Waals surface area contributed by atoms with Crippen molar-refractivity contribution in [3.63, 3.8) is 0 Å². The fourth-order valence-corrected chi connectivity index (χ4v) is 1.75. The van der Waals surface area contributed by atoms with Crippen LogP contribution in [-0.4, -0.2) is 17.0 Å². The second-order valence-corrected chi connectivity index (χ2v) is 4.93. The first-order valence-corrected chi connectivity index (χ1v) is 6.10. The van der Waals surface area contributed by atoms with Crippen LogP contribution in [0.3, 0.4) is 0 Å². The predicted molar refractivity (Wildman–Crippen MR) is 69.1 cm³/mol. The van der Waals surface area contributed by atoms with Gasteiger partial charge in [0.25, 0.3) is 0 Å². The minimum absolute atomic E-state index is 0.0234. The first-order valence-electron chi connectivity index (χ1n) is 6.10. The Hall–Kier alpha value is -1.91. The first-order chi connectivity index (χ1) is 8.81. The van der Waals surface area contributed by atoms with Gasteiger partial charge in [-0.3, -0.25) is 9.59 Å². The van der Waals surface area contributed by atoms with E-state index < -0.39 is 11.5 Å². The highest BCUT2D eigenvalue weighted by molar-refractivity contribution is 5.77. The lowest BCUT2D eigenvalue weighted by Crippen LogP contribution is -2.40. The highest BCUT2D eigenvalue weighted by Gasteiger charge is 2.22. The molecule has 0 saturated carbocycles. The summed E-state index contributed by atoms with van der Waals surface area (Å²) in [5.74, 6) is -1.45. The fraction of sp³-hybridized carbons (Fsp3) is 0.429. The zero-order chi connectivity index (χ0) is 14.5. The van der Waals surface area contributed by atoms with Crippen LogP contribution in [-0.2, 0) is 15.1 Å². The number of carboxylic acid groups (broad SMARTS) is 1. The summed E-state index contributed by atoms with van der Waals surface area (Å²) in [7, 11) is 0. The zero-order valence-corrected chi connectivity index (χ0v) is 11.1. The molecule has 19 heavy (non-hydrogen) atoms. The van der Waals surface area contributed by atoms with Crippen LogP contribution >= 0.6 is 0 Å². The molecule has 0 spiro atoms. The highest BCUT2D eigenvalue weighted by atomic mass is 19.1. The lowest BCUT2D eigenvalue weighted by Gasteiger charge is -2.27. The third kappa shape index (κ3) is 5.07. The van der Waals surface area contributed by atoms with E-state index in [0.717, 1.165) is 5.56 Å². The Morgan fingerprint density at radius 2 is 1.79 bits per heavy atom. The summed E-state index contributed by atoms with van der Waals surface area (Å²) in [4.78, 5) is 22.1. The average molecular weight is 267 g/mol. The Balaban J connectivity index is 2.56. The molecule has 1 amide bonds. The number of hydrogen-bond donors (Lipinski definition) is 2. The maximum atomic E-state index is 12.8. The van der Waals surface area contributed by atoms with Crippen LogP contribution < -0.4 is 5.32 Å².